The van der Waals surface area contributed by atoms with Crippen LogP contribution in [0.15, 0.2) is 115 Å². The fraction of sp³-hybridized carbons (Fsp3) is 0.172. The first-order chi connectivity index (χ1) is 14.5. The van der Waals surface area contributed by atoms with Crippen molar-refractivity contribution in [3.63, 3.8) is 0 Å². The highest BCUT2D eigenvalue weighted by Gasteiger charge is 2.41. The van der Waals surface area contributed by atoms with Gasteiger partial charge in [0.1, 0.15) is 0 Å². The van der Waals surface area contributed by atoms with Gasteiger partial charge in [-0.1, -0.05) is 136 Å². The number of hydrogen-bond donors (Lipinski definition) is 0. The van der Waals surface area contributed by atoms with Crippen molar-refractivity contribution in [2.24, 2.45) is 5.41 Å². The molecular formula is C29H30Si. The summed E-state index contributed by atoms with van der Waals surface area (Å²) in [5, 5.41) is 5.73. The molecule has 4 rings (SSSR count). The third-order valence-corrected chi connectivity index (χ3v) is 10.5. The minimum atomic E-state index is -2.41. The predicted molar refractivity (Wildman–Crippen MR) is 133 cm³/mol. The molecule has 0 heterocycles. The Morgan fingerprint density at radius 1 is 0.500 bits per heavy atom. The predicted octanol–water partition coefficient (Wildman–Crippen LogP) is 4.65. The van der Waals surface area contributed by atoms with E-state index in [1.807, 2.05) is 0 Å². The van der Waals surface area contributed by atoms with Gasteiger partial charge < -0.3 is 0 Å². The summed E-state index contributed by atoms with van der Waals surface area (Å²) in [5.41, 5.74) is 1.68. The van der Waals surface area contributed by atoms with E-state index >= 15 is 0 Å². The fourth-order valence-corrected chi connectivity index (χ4v) is 9.42. The van der Waals surface area contributed by atoms with Gasteiger partial charge in [0.2, 0.25) is 0 Å². The Balaban J connectivity index is 2.05. The van der Waals surface area contributed by atoms with Gasteiger partial charge in [-0.25, -0.2) is 0 Å². The quantitative estimate of drug-likeness (QED) is 0.334. The van der Waals surface area contributed by atoms with Crippen molar-refractivity contribution in [3.05, 3.63) is 121 Å². The van der Waals surface area contributed by atoms with Gasteiger partial charge in [0.25, 0.3) is 0 Å². The van der Waals surface area contributed by atoms with E-state index < -0.39 is 8.07 Å². The van der Waals surface area contributed by atoms with Crippen LogP contribution >= 0.6 is 0 Å². The Bertz CT molecular complexity index is 981. The molecule has 0 saturated carbocycles. The molecule has 0 N–H and O–H groups in total. The van der Waals surface area contributed by atoms with Gasteiger partial charge in [-0.3, -0.25) is 0 Å². The van der Waals surface area contributed by atoms with Crippen LogP contribution in [0.4, 0.5) is 0 Å². The summed E-state index contributed by atoms with van der Waals surface area (Å²) in [4.78, 5) is 0. The molecule has 0 radical (unpaired) electrons. The molecule has 150 valence electrons. The molecule has 4 aromatic carbocycles. The van der Waals surface area contributed by atoms with Crippen LogP contribution < -0.4 is 20.7 Å². The normalized spacial score (nSPS) is 12.0. The van der Waals surface area contributed by atoms with Crippen LogP contribution in [-0.2, 0) is 6.42 Å². The summed E-state index contributed by atoms with van der Waals surface area (Å²) in [6.07, 6.45) is 1.07. The summed E-state index contributed by atoms with van der Waals surface area (Å²) in [7, 11) is -2.41. The third-order valence-electron chi connectivity index (χ3n) is 5.71. The van der Waals surface area contributed by atoms with Gasteiger partial charge in [-0.2, -0.15) is 0 Å². The van der Waals surface area contributed by atoms with Crippen molar-refractivity contribution in [1.82, 2.24) is 0 Å². The lowest BCUT2D eigenvalue weighted by Crippen LogP contribution is -2.74. The van der Waals surface area contributed by atoms with Gasteiger partial charge >= 0.3 is 0 Å². The van der Waals surface area contributed by atoms with Crippen LogP contribution in [0.3, 0.4) is 0 Å². The van der Waals surface area contributed by atoms with E-state index in [0.717, 1.165) is 6.42 Å². The maximum atomic E-state index is 2.48. The molecule has 4 aromatic rings. The van der Waals surface area contributed by atoms with E-state index in [0.29, 0.717) is 0 Å². The monoisotopic (exact) mass is 406 g/mol. The smallest absolute Gasteiger partial charge is 0.0623 e. The highest BCUT2D eigenvalue weighted by Crippen LogP contribution is 2.20. The molecule has 0 aliphatic carbocycles. The first-order valence-electron chi connectivity index (χ1n) is 10.8. The van der Waals surface area contributed by atoms with E-state index in [4.69, 9.17) is 0 Å². The Hall–Kier alpha value is -2.90. The molecular weight excluding hydrogens is 376 g/mol. The Morgan fingerprint density at radius 2 is 0.900 bits per heavy atom. The van der Waals surface area contributed by atoms with Gasteiger partial charge in [0.05, 0.1) is 0 Å². The number of rotatable bonds is 5. The maximum Gasteiger partial charge on any atom is 0.179 e. The molecule has 0 fully saturated rings. The van der Waals surface area contributed by atoms with Gasteiger partial charge in [-0.05, 0) is 38.1 Å². The minimum absolute atomic E-state index is 0.259. The Labute approximate surface area is 182 Å². The summed E-state index contributed by atoms with van der Waals surface area (Å²) in [6.45, 7) is 6.95. The molecule has 1 heteroatoms. The third kappa shape index (κ3) is 4.03. The van der Waals surface area contributed by atoms with E-state index in [9.17, 15) is 0 Å². The van der Waals surface area contributed by atoms with E-state index in [2.05, 4.69) is 136 Å². The lowest BCUT2D eigenvalue weighted by Gasteiger charge is -2.35. The first-order valence-corrected chi connectivity index (χ1v) is 12.8. The van der Waals surface area contributed by atoms with Crippen LogP contribution in [0.1, 0.15) is 26.3 Å². The molecule has 0 aliphatic rings. The highest BCUT2D eigenvalue weighted by molar-refractivity contribution is 7.19. The van der Waals surface area contributed by atoms with E-state index in [1.54, 1.807) is 0 Å². The highest BCUT2D eigenvalue weighted by atomic mass is 28.3. The van der Waals surface area contributed by atoms with Crippen molar-refractivity contribution in [2.75, 3.05) is 0 Å². The van der Waals surface area contributed by atoms with Gasteiger partial charge in [-0.15, -0.1) is 0 Å². The average Bonchev–Trinajstić information content (AvgIpc) is 2.76. The molecule has 0 unspecified atom stereocenters. The van der Waals surface area contributed by atoms with Crippen molar-refractivity contribution < 1.29 is 0 Å². The first kappa shape index (κ1) is 20.4. The average molecular weight is 407 g/mol. The molecule has 0 amide bonds. The molecule has 0 atom stereocenters. The zero-order valence-corrected chi connectivity index (χ0v) is 19.2. The molecule has 0 saturated heterocycles. The second-order valence-electron chi connectivity index (χ2n) is 9.29. The zero-order valence-electron chi connectivity index (χ0n) is 18.2. The standard InChI is InChI=1S/C29H30Si/c1-29(2,3)23-24-14-13-21-28(22-24)30(25-15-7-4-8-16-25,26-17-9-5-10-18-26)27-19-11-6-12-20-27/h4-22H,23H2,1-3H3. The lowest BCUT2D eigenvalue weighted by molar-refractivity contribution is 0.411. The van der Waals surface area contributed by atoms with Crippen molar-refractivity contribution in [2.45, 2.75) is 27.2 Å². The van der Waals surface area contributed by atoms with Crippen LogP contribution in [-0.4, -0.2) is 8.07 Å². The van der Waals surface area contributed by atoms with Crippen molar-refractivity contribution >= 4 is 28.8 Å². The van der Waals surface area contributed by atoms with Crippen LogP contribution in [0.2, 0.25) is 0 Å². The van der Waals surface area contributed by atoms with Gasteiger partial charge in [0, 0.05) is 0 Å². The minimum Gasteiger partial charge on any atom is -0.0623 e. The number of hydrogen-bond acceptors (Lipinski definition) is 0. The summed E-state index contributed by atoms with van der Waals surface area (Å²) in [5.74, 6) is 0. The molecule has 0 aromatic heterocycles. The van der Waals surface area contributed by atoms with Crippen molar-refractivity contribution in [1.29, 1.82) is 0 Å². The fourth-order valence-electron chi connectivity index (χ4n) is 4.59. The van der Waals surface area contributed by atoms with Crippen LogP contribution in [0.25, 0.3) is 0 Å². The van der Waals surface area contributed by atoms with E-state index in [-0.39, 0.29) is 5.41 Å². The summed E-state index contributed by atoms with van der Waals surface area (Å²) < 4.78 is 0. The number of benzene rings is 4. The van der Waals surface area contributed by atoms with E-state index in [1.165, 1.54) is 26.3 Å². The molecule has 30 heavy (non-hydrogen) atoms. The topological polar surface area (TPSA) is 0 Å². The molecule has 0 spiro atoms. The van der Waals surface area contributed by atoms with Crippen molar-refractivity contribution in [3.8, 4) is 0 Å². The van der Waals surface area contributed by atoms with Crippen LogP contribution in [0.5, 0.6) is 0 Å². The zero-order chi connectivity index (χ0) is 21.0. The summed E-state index contributed by atoms with van der Waals surface area (Å²) in [6, 6.07) is 42.8. The SMILES string of the molecule is CC(C)(C)Cc1cccc([Si](c2ccccc2)(c2ccccc2)c2ccccc2)c1. The maximum absolute atomic E-state index is 2.48. The Morgan fingerprint density at radius 3 is 1.30 bits per heavy atom. The molecule has 0 aliphatic heterocycles. The Kier molecular flexibility index (Phi) is 5.74. The van der Waals surface area contributed by atoms with Gasteiger partial charge in [0.15, 0.2) is 8.07 Å². The largest absolute Gasteiger partial charge is 0.179 e. The molecule has 0 bridgehead atoms. The second kappa shape index (κ2) is 8.45. The molecule has 0 nitrogen and oxygen atoms in total. The lowest BCUT2D eigenvalue weighted by atomic mass is 9.88. The van der Waals surface area contributed by atoms with Crippen LogP contribution in [0, 0.1) is 5.41 Å². The summed E-state index contributed by atoms with van der Waals surface area (Å²) >= 11 is 0. The second-order valence-corrected chi connectivity index (χ2v) is 13.1.